The minimum atomic E-state index is -1.99. The van der Waals surface area contributed by atoms with Crippen LogP contribution in [0.25, 0.3) is 0 Å². The second-order valence-corrected chi connectivity index (χ2v) is 24.6. The van der Waals surface area contributed by atoms with E-state index in [-0.39, 0.29) is 18.9 Å². The Balaban J connectivity index is 1.46. The van der Waals surface area contributed by atoms with Crippen molar-refractivity contribution in [3.05, 3.63) is 85.1 Å². The summed E-state index contributed by atoms with van der Waals surface area (Å²) in [7, 11) is 0. The van der Waals surface area contributed by atoms with Gasteiger partial charge in [0.25, 0.3) is 0 Å². The van der Waals surface area contributed by atoms with Gasteiger partial charge >= 0.3 is 0 Å². The first-order valence-electron chi connectivity index (χ1n) is 34.8. The molecule has 19 heteroatoms. The number of carbonyl (C=O) groups is 1. The number of allylic oxidation sites excluding steroid dienone is 13. The third kappa shape index (κ3) is 33.9. The highest BCUT2D eigenvalue weighted by Crippen LogP contribution is 2.33. The molecule has 3 rings (SSSR count). The molecule has 17 unspecified atom stereocenters. The van der Waals surface area contributed by atoms with Gasteiger partial charge in [-0.1, -0.05) is 247 Å². The molecule has 0 aliphatic carbocycles. The molecule has 3 saturated heterocycles. The van der Waals surface area contributed by atoms with Crippen molar-refractivity contribution in [2.45, 2.75) is 330 Å². The molecule has 0 radical (unpaired) electrons. The zero-order chi connectivity index (χ0) is 65.4. The second kappa shape index (κ2) is 52.3. The van der Waals surface area contributed by atoms with Crippen LogP contribution in [0.3, 0.4) is 0 Å². The Labute approximate surface area is 540 Å². The first kappa shape index (κ1) is 81.2. The van der Waals surface area contributed by atoms with Gasteiger partial charge in [-0.15, -0.1) is 0 Å². The van der Waals surface area contributed by atoms with Crippen molar-refractivity contribution in [3.8, 4) is 0 Å². The second-order valence-electron chi connectivity index (χ2n) is 24.6. The standard InChI is InChI=1S/C71H123NO18/c1-3-5-7-9-11-13-15-17-19-21-23-24-25-26-27-28-29-31-32-34-36-38-40-42-44-46-48-55(76)54(72-59(77)49-47-45-43-41-39-37-35-33-30-22-20-18-16-14-12-10-8-6-4-2)53-85-69-65(83)62(80)67(57(51-74)87-69)90-71-66(84)63(81)68(58(52-75)88-71)89-70-64(82)61(79)60(78)56(50-73)86-70/h6,8,12,14,18,20,30,33,37,39,43,45-46,48,54-58,60-71,73-76,78-84H,3-5,7,9-11,13,15-17,19,21-29,31-32,34-36,38,40-42,44,47,49-53H2,1-2H3,(H,72,77)/b8-6-,14-12-,20-18-,33-30-,39-37-,45-43-,48-46+. The van der Waals surface area contributed by atoms with Gasteiger partial charge < -0.3 is 89.9 Å². The summed E-state index contributed by atoms with van der Waals surface area (Å²) >= 11 is 0. The number of aliphatic hydroxyl groups excluding tert-OH is 11. The number of unbranched alkanes of at least 4 members (excludes halogenated alkanes) is 24. The summed E-state index contributed by atoms with van der Waals surface area (Å²) < 4.78 is 34.3. The predicted octanol–water partition coefficient (Wildman–Crippen LogP) is 9.10. The third-order valence-corrected chi connectivity index (χ3v) is 17.0. The number of hydrogen-bond acceptors (Lipinski definition) is 18. The Morgan fingerprint density at radius 1 is 0.411 bits per heavy atom. The van der Waals surface area contributed by atoms with E-state index < -0.39 is 124 Å². The highest BCUT2D eigenvalue weighted by molar-refractivity contribution is 5.76. The van der Waals surface area contributed by atoms with E-state index in [1.807, 2.05) is 18.2 Å². The maximum absolute atomic E-state index is 13.4. The minimum absolute atomic E-state index is 0.114. The molecule has 19 nitrogen and oxygen atoms in total. The number of aliphatic hydroxyl groups is 11. The molecule has 0 saturated carbocycles. The van der Waals surface area contributed by atoms with Crippen LogP contribution < -0.4 is 5.32 Å². The number of amides is 1. The van der Waals surface area contributed by atoms with Crippen LogP contribution >= 0.6 is 0 Å². The molecular formula is C71H123NO18. The lowest BCUT2D eigenvalue weighted by Gasteiger charge is -2.48. The summed E-state index contributed by atoms with van der Waals surface area (Å²) in [5.41, 5.74) is 0. The number of rotatable bonds is 52. The summed E-state index contributed by atoms with van der Waals surface area (Å²) in [6.45, 7) is 1.57. The quantitative estimate of drug-likeness (QED) is 0.0200. The molecule has 90 heavy (non-hydrogen) atoms. The molecule has 0 spiro atoms. The highest BCUT2D eigenvalue weighted by Gasteiger charge is 2.53. The topological polar surface area (TPSA) is 307 Å². The summed E-state index contributed by atoms with van der Waals surface area (Å²) in [6.07, 6.45) is 40.1. The van der Waals surface area contributed by atoms with E-state index in [4.69, 9.17) is 28.4 Å². The fraction of sp³-hybridized carbons (Fsp3) is 0.789. The van der Waals surface area contributed by atoms with Crippen LogP contribution in [0.2, 0.25) is 0 Å². The van der Waals surface area contributed by atoms with E-state index in [0.29, 0.717) is 12.8 Å². The van der Waals surface area contributed by atoms with Gasteiger partial charge in [-0.3, -0.25) is 4.79 Å². The first-order chi connectivity index (χ1) is 43.8. The van der Waals surface area contributed by atoms with E-state index >= 15 is 0 Å². The average Bonchev–Trinajstić information content (AvgIpc) is 0.846. The summed E-state index contributed by atoms with van der Waals surface area (Å²) in [4.78, 5) is 13.4. The molecule has 1 amide bonds. The van der Waals surface area contributed by atoms with Crippen molar-refractivity contribution >= 4 is 5.91 Å². The van der Waals surface area contributed by atoms with Crippen molar-refractivity contribution in [1.29, 1.82) is 0 Å². The van der Waals surface area contributed by atoms with Crippen molar-refractivity contribution in [2.75, 3.05) is 26.4 Å². The fourth-order valence-electron chi connectivity index (χ4n) is 11.3. The van der Waals surface area contributed by atoms with Gasteiger partial charge in [0.15, 0.2) is 18.9 Å². The molecule has 3 aliphatic heterocycles. The molecule has 3 fully saturated rings. The molecule has 0 bridgehead atoms. The largest absolute Gasteiger partial charge is 0.394 e. The van der Waals surface area contributed by atoms with Crippen LogP contribution in [0.1, 0.15) is 226 Å². The van der Waals surface area contributed by atoms with Crippen LogP contribution in [0.5, 0.6) is 0 Å². The Hall–Kier alpha value is -3.03. The molecule has 0 aromatic carbocycles. The zero-order valence-corrected chi connectivity index (χ0v) is 54.8. The van der Waals surface area contributed by atoms with Gasteiger partial charge in [0.1, 0.15) is 73.2 Å². The average molecular weight is 1280 g/mol. The monoisotopic (exact) mass is 1280 g/mol. The van der Waals surface area contributed by atoms with E-state index in [0.717, 1.165) is 57.8 Å². The molecule has 520 valence electrons. The van der Waals surface area contributed by atoms with Crippen LogP contribution in [0, 0.1) is 0 Å². The van der Waals surface area contributed by atoms with Crippen molar-refractivity contribution in [1.82, 2.24) is 5.32 Å². The zero-order valence-electron chi connectivity index (χ0n) is 54.8. The van der Waals surface area contributed by atoms with Gasteiger partial charge in [0.2, 0.25) is 5.91 Å². The normalized spacial score (nSPS) is 28.6. The van der Waals surface area contributed by atoms with Gasteiger partial charge in [-0.2, -0.15) is 0 Å². The van der Waals surface area contributed by atoms with Gasteiger partial charge in [0.05, 0.1) is 38.6 Å². The Kier molecular flexibility index (Phi) is 47.2. The number of nitrogens with one attached hydrogen (secondary N) is 1. The SMILES string of the molecule is CC/C=C\C/C=C\C/C=C\C/C=C\C/C=C\C/C=C\CCC(=O)NC(COC1OC(CO)C(OC2OC(CO)C(OC3OC(CO)C(O)C(O)C3O)C(O)C2O)C(O)C1O)C(O)/C=C/CCCCCCCCCCCCCCCCCCCCCCCCCC. The van der Waals surface area contributed by atoms with Crippen LogP contribution in [-0.2, 0) is 33.2 Å². The maximum atomic E-state index is 13.4. The fourth-order valence-corrected chi connectivity index (χ4v) is 11.3. The highest BCUT2D eigenvalue weighted by atomic mass is 16.8. The van der Waals surface area contributed by atoms with Crippen LogP contribution in [-0.4, -0.2) is 193 Å². The number of hydrogen-bond donors (Lipinski definition) is 12. The van der Waals surface area contributed by atoms with E-state index in [1.165, 1.54) is 135 Å². The first-order valence-corrected chi connectivity index (χ1v) is 34.8. The third-order valence-electron chi connectivity index (χ3n) is 17.0. The minimum Gasteiger partial charge on any atom is -0.394 e. The van der Waals surface area contributed by atoms with E-state index in [2.05, 4.69) is 79.9 Å². The van der Waals surface area contributed by atoms with Crippen molar-refractivity contribution in [3.63, 3.8) is 0 Å². The predicted molar refractivity (Wildman–Crippen MR) is 351 cm³/mol. The molecule has 17 atom stereocenters. The summed E-state index contributed by atoms with van der Waals surface area (Å²) in [6, 6.07) is -1.02. The summed E-state index contributed by atoms with van der Waals surface area (Å²) in [5.74, 6) is -0.359. The van der Waals surface area contributed by atoms with Gasteiger partial charge in [-0.25, -0.2) is 0 Å². The molecule has 12 N–H and O–H groups in total. The van der Waals surface area contributed by atoms with Crippen LogP contribution in [0.4, 0.5) is 0 Å². The van der Waals surface area contributed by atoms with E-state index in [9.17, 15) is 61.0 Å². The molecular weight excluding hydrogens is 1150 g/mol. The lowest BCUT2D eigenvalue weighted by molar-refractivity contribution is -0.379. The molecule has 3 aliphatic rings. The maximum Gasteiger partial charge on any atom is 0.220 e. The Bertz CT molecular complexity index is 1960. The molecule has 0 aromatic heterocycles. The Morgan fingerprint density at radius 3 is 1.18 bits per heavy atom. The van der Waals surface area contributed by atoms with Crippen molar-refractivity contribution < 1.29 is 89.4 Å². The molecule has 0 aromatic rings. The van der Waals surface area contributed by atoms with Crippen molar-refractivity contribution in [2.24, 2.45) is 0 Å². The lowest BCUT2D eigenvalue weighted by Crippen LogP contribution is -2.66. The van der Waals surface area contributed by atoms with Gasteiger partial charge in [-0.05, 0) is 57.8 Å². The Morgan fingerprint density at radius 2 is 0.767 bits per heavy atom. The van der Waals surface area contributed by atoms with Crippen LogP contribution in [0.15, 0.2) is 85.1 Å². The number of carbonyl (C=O) groups excluding carboxylic acids is 1. The van der Waals surface area contributed by atoms with E-state index in [1.54, 1.807) is 6.08 Å². The van der Waals surface area contributed by atoms with Gasteiger partial charge in [0, 0.05) is 6.42 Å². The number of ether oxygens (including phenoxy) is 6. The molecule has 3 heterocycles. The lowest BCUT2D eigenvalue weighted by atomic mass is 9.96. The smallest absolute Gasteiger partial charge is 0.220 e. The summed E-state index contributed by atoms with van der Waals surface area (Å²) in [5, 5.41) is 120.